The first kappa shape index (κ1) is 33.4. The van der Waals surface area contributed by atoms with Crippen molar-refractivity contribution in [2.45, 2.75) is 69.8 Å². The zero-order valence-corrected chi connectivity index (χ0v) is 23.3. The van der Waals surface area contributed by atoms with E-state index in [2.05, 4.69) is 0 Å². The number of methoxy groups -OCH3 is 1. The highest BCUT2D eigenvalue weighted by Crippen LogP contribution is 2.42. The molecule has 0 aromatic heterocycles. The van der Waals surface area contributed by atoms with Gasteiger partial charge in [0.05, 0.1) is 44.7 Å². The Morgan fingerprint density at radius 3 is 2.37 bits per heavy atom. The van der Waals surface area contributed by atoms with Crippen LogP contribution in [0.5, 0.6) is 0 Å². The SMILES string of the molecule is C/C=C1\[C@H](O[C@@H]2O[C@H](CO)[C@@H](O)[C@H](O)[C@H]2O)OC=C(C(=O)OC)[C@H]1CC(=O)OC[C@H]1[C@H](C)[C@@H](O)C[C@@H]1C(CO)CO. The lowest BCUT2D eigenvalue weighted by Crippen LogP contribution is -2.60. The molecule has 0 radical (unpaired) electrons. The van der Waals surface area contributed by atoms with Gasteiger partial charge in [-0.1, -0.05) is 13.0 Å². The molecule has 1 saturated heterocycles. The van der Waals surface area contributed by atoms with E-state index < -0.39 is 73.5 Å². The number of hydrogen-bond donors (Lipinski definition) is 7. The molecule has 234 valence electrons. The van der Waals surface area contributed by atoms with Gasteiger partial charge in [0, 0.05) is 36.5 Å². The summed E-state index contributed by atoms with van der Waals surface area (Å²) in [5.41, 5.74) is 0.277. The fourth-order valence-corrected chi connectivity index (χ4v) is 5.83. The van der Waals surface area contributed by atoms with Crippen LogP contribution in [-0.2, 0) is 33.3 Å². The lowest BCUT2D eigenvalue weighted by Gasteiger charge is -2.41. The van der Waals surface area contributed by atoms with E-state index in [0.29, 0.717) is 6.42 Å². The van der Waals surface area contributed by atoms with E-state index in [1.807, 2.05) is 6.92 Å². The van der Waals surface area contributed by atoms with Crippen LogP contribution < -0.4 is 0 Å². The first-order valence-electron chi connectivity index (χ1n) is 13.6. The number of rotatable bonds is 11. The number of esters is 2. The summed E-state index contributed by atoms with van der Waals surface area (Å²) in [4.78, 5) is 25.6. The number of ether oxygens (including phenoxy) is 5. The Hall–Kier alpha value is -2.14. The standard InChI is InChI=1S/C27H42O14/c1-4-14-16(6-21(32)38-10-17-12(2)19(31)5-15(17)13(7-28)8-29)18(25(36)37-3)11-39-26(14)41-27-24(35)23(34)22(33)20(9-30)40-27/h4,11-13,15-17,19-20,22-24,26-31,33-35H,5-10H2,1-3H3/b14-4-/t12-,15+,16-,17-,19-,20+,22+,23-,24+,26-,27-/m0/s1. The van der Waals surface area contributed by atoms with E-state index in [9.17, 15) is 45.3 Å². The molecule has 0 aromatic carbocycles. The second kappa shape index (κ2) is 14.8. The van der Waals surface area contributed by atoms with Crippen molar-refractivity contribution in [2.75, 3.05) is 33.5 Å². The maximum atomic E-state index is 13.1. The van der Waals surface area contributed by atoms with Gasteiger partial charge in [-0.15, -0.1) is 0 Å². The molecule has 0 unspecified atom stereocenters. The Morgan fingerprint density at radius 2 is 1.78 bits per heavy atom. The average molecular weight is 591 g/mol. The van der Waals surface area contributed by atoms with Crippen LogP contribution in [0.4, 0.5) is 0 Å². The molecule has 7 N–H and O–H groups in total. The van der Waals surface area contributed by atoms with Crippen molar-refractivity contribution < 1.29 is 69.0 Å². The third kappa shape index (κ3) is 7.27. The molecule has 14 nitrogen and oxygen atoms in total. The van der Waals surface area contributed by atoms with Crippen molar-refractivity contribution in [3.63, 3.8) is 0 Å². The van der Waals surface area contributed by atoms with Gasteiger partial charge in [0.15, 0.2) is 6.29 Å². The number of allylic oxidation sites excluding steroid dienone is 1. The maximum absolute atomic E-state index is 13.1. The van der Waals surface area contributed by atoms with Crippen LogP contribution in [0.15, 0.2) is 23.5 Å². The van der Waals surface area contributed by atoms with E-state index in [1.54, 1.807) is 13.0 Å². The monoisotopic (exact) mass is 590 g/mol. The fourth-order valence-electron chi connectivity index (χ4n) is 5.83. The Morgan fingerprint density at radius 1 is 1.10 bits per heavy atom. The maximum Gasteiger partial charge on any atom is 0.337 e. The third-order valence-electron chi connectivity index (χ3n) is 8.46. The van der Waals surface area contributed by atoms with Crippen molar-refractivity contribution in [1.82, 2.24) is 0 Å². The van der Waals surface area contributed by atoms with Crippen molar-refractivity contribution in [2.24, 2.45) is 29.6 Å². The van der Waals surface area contributed by atoms with Crippen LogP contribution in [-0.4, -0.2) is 124 Å². The number of carbonyl (C=O) groups is 2. The summed E-state index contributed by atoms with van der Waals surface area (Å²) in [7, 11) is 1.16. The number of carbonyl (C=O) groups excluding carboxylic acids is 2. The van der Waals surface area contributed by atoms with Crippen molar-refractivity contribution >= 4 is 11.9 Å². The zero-order chi connectivity index (χ0) is 30.4. The number of aliphatic hydroxyl groups is 7. The van der Waals surface area contributed by atoms with Gasteiger partial charge in [-0.05, 0) is 25.2 Å². The lowest BCUT2D eigenvalue weighted by molar-refractivity contribution is -0.327. The number of hydrogen-bond acceptors (Lipinski definition) is 14. The summed E-state index contributed by atoms with van der Waals surface area (Å²) < 4.78 is 27.1. The minimum atomic E-state index is -1.71. The van der Waals surface area contributed by atoms with Crippen LogP contribution in [0.1, 0.15) is 26.7 Å². The first-order chi connectivity index (χ1) is 19.5. The topological polar surface area (TPSA) is 222 Å². The van der Waals surface area contributed by atoms with Crippen molar-refractivity contribution in [1.29, 1.82) is 0 Å². The van der Waals surface area contributed by atoms with Crippen LogP contribution in [0.2, 0.25) is 0 Å². The average Bonchev–Trinajstić information content (AvgIpc) is 3.25. The van der Waals surface area contributed by atoms with E-state index in [-0.39, 0.29) is 55.1 Å². The summed E-state index contributed by atoms with van der Waals surface area (Å²) in [5.74, 6) is -3.69. The molecular formula is C27H42O14. The molecule has 11 atom stereocenters. The molecule has 0 amide bonds. The lowest BCUT2D eigenvalue weighted by atomic mass is 9.82. The largest absolute Gasteiger partial charge is 0.468 e. The van der Waals surface area contributed by atoms with Gasteiger partial charge in [0.25, 0.3) is 0 Å². The highest BCUT2D eigenvalue weighted by molar-refractivity contribution is 5.90. The molecule has 1 saturated carbocycles. The summed E-state index contributed by atoms with van der Waals surface area (Å²) in [6, 6.07) is 0. The highest BCUT2D eigenvalue weighted by atomic mass is 16.8. The second-order valence-electron chi connectivity index (χ2n) is 10.7. The molecule has 3 rings (SSSR count). The molecule has 0 bridgehead atoms. The highest BCUT2D eigenvalue weighted by Gasteiger charge is 2.47. The first-order valence-corrected chi connectivity index (χ1v) is 13.6. The number of aliphatic hydroxyl groups excluding tert-OH is 7. The Kier molecular flexibility index (Phi) is 12.1. The molecule has 3 aliphatic rings. The summed E-state index contributed by atoms with van der Waals surface area (Å²) in [6.07, 6.45) is -7.10. The van der Waals surface area contributed by atoms with Gasteiger partial charge in [0.1, 0.15) is 24.4 Å². The molecular weight excluding hydrogens is 548 g/mol. The van der Waals surface area contributed by atoms with E-state index in [0.717, 1.165) is 13.4 Å². The van der Waals surface area contributed by atoms with Gasteiger partial charge in [0.2, 0.25) is 6.29 Å². The van der Waals surface area contributed by atoms with Crippen LogP contribution in [0.25, 0.3) is 0 Å². The molecule has 41 heavy (non-hydrogen) atoms. The molecule has 0 aromatic rings. The Balaban J connectivity index is 1.75. The van der Waals surface area contributed by atoms with Gasteiger partial charge in [-0.3, -0.25) is 4.79 Å². The minimum Gasteiger partial charge on any atom is -0.468 e. The fraction of sp³-hybridized carbons (Fsp3) is 0.778. The predicted octanol–water partition coefficient (Wildman–Crippen LogP) is -2.05. The quantitative estimate of drug-likeness (QED) is 0.102. The summed E-state index contributed by atoms with van der Waals surface area (Å²) >= 11 is 0. The second-order valence-corrected chi connectivity index (χ2v) is 10.7. The minimum absolute atomic E-state index is 0.00522. The molecule has 14 heteroatoms. The normalized spacial score (nSPS) is 38.5. The molecule has 2 heterocycles. The summed E-state index contributed by atoms with van der Waals surface area (Å²) in [6.45, 7) is 2.13. The van der Waals surface area contributed by atoms with Crippen LogP contribution in [0.3, 0.4) is 0 Å². The molecule has 2 aliphatic heterocycles. The van der Waals surface area contributed by atoms with Crippen LogP contribution in [0, 0.1) is 29.6 Å². The third-order valence-corrected chi connectivity index (χ3v) is 8.46. The van der Waals surface area contributed by atoms with Gasteiger partial charge >= 0.3 is 11.9 Å². The van der Waals surface area contributed by atoms with Gasteiger partial charge < -0.3 is 59.4 Å². The smallest absolute Gasteiger partial charge is 0.337 e. The molecule has 1 aliphatic carbocycles. The summed E-state index contributed by atoms with van der Waals surface area (Å²) in [5, 5.41) is 69.7. The molecule has 0 spiro atoms. The Bertz CT molecular complexity index is 946. The Labute approximate surface area is 237 Å². The zero-order valence-electron chi connectivity index (χ0n) is 23.3. The van der Waals surface area contributed by atoms with Gasteiger partial charge in [-0.25, -0.2) is 4.79 Å². The van der Waals surface area contributed by atoms with Gasteiger partial charge in [-0.2, -0.15) is 0 Å². The van der Waals surface area contributed by atoms with E-state index >= 15 is 0 Å². The van der Waals surface area contributed by atoms with E-state index in [4.69, 9.17) is 23.7 Å². The van der Waals surface area contributed by atoms with Crippen molar-refractivity contribution in [3.05, 3.63) is 23.5 Å². The molecule has 2 fully saturated rings. The van der Waals surface area contributed by atoms with Crippen LogP contribution >= 0.6 is 0 Å². The predicted molar refractivity (Wildman–Crippen MR) is 137 cm³/mol. The van der Waals surface area contributed by atoms with Crippen molar-refractivity contribution in [3.8, 4) is 0 Å². The van der Waals surface area contributed by atoms with E-state index in [1.165, 1.54) is 0 Å².